The van der Waals surface area contributed by atoms with E-state index in [1.54, 1.807) is 0 Å². The number of rotatable bonds is 5. The third-order valence-corrected chi connectivity index (χ3v) is 11.0. The summed E-state index contributed by atoms with van der Waals surface area (Å²) in [6.07, 6.45) is 0. The van der Waals surface area contributed by atoms with Crippen molar-refractivity contribution in [2.45, 2.75) is 0 Å². The summed E-state index contributed by atoms with van der Waals surface area (Å²) in [6, 6.07) is 66.5. The average Bonchev–Trinajstić information content (AvgIpc) is 3.62. The van der Waals surface area contributed by atoms with Gasteiger partial charge < -0.3 is 4.57 Å². The Labute approximate surface area is 329 Å². The predicted molar refractivity (Wildman–Crippen MR) is 233 cm³/mol. The van der Waals surface area contributed by atoms with E-state index in [0.717, 1.165) is 88.0 Å². The van der Waals surface area contributed by atoms with E-state index < -0.39 is 0 Å². The zero-order chi connectivity index (χ0) is 38.5. The maximum absolute atomic E-state index is 10.6. The number of aromatic nitrogens is 1. The summed E-state index contributed by atoms with van der Waals surface area (Å²) in [5.74, 6) is 0. The molecule has 0 aliphatic rings. The first kappa shape index (κ1) is 33.3. The van der Waals surface area contributed by atoms with Crippen molar-refractivity contribution >= 4 is 49.0 Å². The van der Waals surface area contributed by atoms with Crippen LogP contribution in [-0.2, 0) is 0 Å². The van der Waals surface area contributed by atoms with Crippen LogP contribution in [0.15, 0.2) is 182 Å². The van der Waals surface area contributed by atoms with Gasteiger partial charge in [0.15, 0.2) is 5.69 Å². The molecule has 0 saturated carbocycles. The van der Waals surface area contributed by atoms with Gasteiger partial charge in [-0.3, -0.25) is 0 Å². The molecule has 0 saturated heterocycles. The van der Waals surface area contributed by atoms with Crippen LogP contribution in [0.2, 0.25) is 0 Å². The van der Waals surface area contributed by atoms with Crippen molar-refractivity contribution in [1.82, 2.24) is 4.57 Å². The van der Waals surface area contributed by atoms with Gasteiger partial charge in [-0.1, -0.05) is 121 Å². The summed E-state index contributed by atoms with van der Waals surface area (Å²) in [5, 5.41) is 27.6. The summed E-state index contributed by atoms with van der Waals surface area (Å²) in [7, 11) is 0. The standard InChI is InChI=1S/C53H30N4/c1-56-42-30-39(29-40(31-42)53-47-19-7-5-17-45(47)52(35-13-3-2-4-14-35)46-18-6-8-20-48(46)53)38-26-34(32-54)25-37(28-38)36-23-24-49(41(27-36)33-55)57-50-21-11-9-15-43(50)44-16-10-12-22-51(44)57/h2-31H. The third-order valence-electron chi connectivity index (χ3n) is 11.0. The average molecular weight is 723 g/mol. The fourth-order valence-electron chi connectivity index (χ4n) is 8.55. The lowest BCUT2D eigenvalue weighted by molar-refractivity contribution is 1.17. The van der Waals surface area contributed by atoms with E-state index in [2.05, 4.69) is 131 Å². The van der Waals surface area contributed by atoms with Crippen molar-refractivity contribution in [3.8, 4) is 62.3 Å². The normalized spacial score (nSPS) is 11.1. The van der Waals surface area contributed by atoms with Crippen LogP contribution in [0, 0.1) is 29.2 Å². The molecule has 0 fully saturated rings. The van der Waals surface area contributed by atoms with Crippen LogP contribution < -0.4 is 0 Å². The molecule has 0 aliphatic heterocycles. The van der Waals surface area contributed by atoms with Crippen molar-refractivity contribution < 1.29 is 0 Å². The molecular weight excluding hydrogens is 693 g/mol. The summed E-state index contributed by atoms with van der Waals surface area (Å²) in [4.78, 5) is 3.94. The largest absolute Gasteiger partial charge is 0.308 e. The van der Waals surface area contributed by atoms with Crippen molar-refractivity contribution in [2.24, 2.45) is 0 Å². The second-order valence-corrected chi connectivity index (χ2v) is 14.2. The lowest BCUT2D eigenvalue weighted by Gasteiger charge is -2.18. The fraction of sp³-hybridized carbons (Fsp3) is 0. The second-order valence-electron chi connectivity index (χ2n) is 14.2. The van der Waals surface area contributed by atoms with Gasteiger partial charge in [-0.25, -0.2) is 4.85 Å². The Bertz CT molecular complexity index is 3280. The van der Waals surface area contributed by atoms with Gasteiger partial charge in [-0.15, -0.1) is 0 Å². The molecule has 0 atom stereocenters. The minimum Gasteiger partial charge on any atom is -0.308 e. The molecule has 0 radical (unpaired) electrons. The minimum absolute atomic E-state index is 0.491. The summed E-state index contributed by atoms with van der Waals surface area (Å²) in [6.45, 7) is 8.15. The van der Waals surface area contributed by atoms with Crippen molar-refractivity contribution in [1.29, 1.82) is 10.5 Å². The van der Waals surface area contributed by atoms with Gasteiger partial charge in [0.1, 0.15) is 6.07 Å². The Balaban J connectivity index is 1.14. The maximum Gasteiger partial charge on any atom is 0.188 e. The minimum atomic E-state index is 0.491. The van der Waals surface area contributed by atoms with E-state index in [1.807, 2.05) is 72.8 Å². The van der Waals surface area contributed by atoms with Gasteiger partial charge >= 0.3 is 0 Å². The predicted octanol–water partition coefficient (Wildman–Crippen LogP) is 14.1. The Morgan fingerprint density at radius 3 is 1.44 bits per heavy atom. The summed E-state index contributed by atoms with van der Waals surface area (Å²) in [5.41, 5.74) is 12.0. The van der Waals surface area contributed by atoms with Crippen LogP contribution in [0.25, 0.3) is 98.4 Å². The smallest absolute Gasteiger partial charge is 0.188 e. The number of benzene rings is 9. The number of nitriles is 2. The molecule has 0 aliphatic carbocycles. The van der Waals surface area contributed by atoms with Crippen molar-refractivity contribution in [3.05, 3.63) is 205 Å². The molecule has 0 spiro atoms. The maximum atomic E-state index is 10.6. The highest BCUT2D eigenvalue weighted by atomic mass is 15.0. The Morgan fingerprint density at radius 1 is 0.404 bits per heavy atom. The molecule has 0 unspecified atom stereocenters. The number of hydrogen-bond acceptors (Lipinski definition) is 2. The zero-order valence-electron chi connectivity index (χ0n) is 30.6. The van der Waals surface area contributed by atoms with Crippen molar-refractivity contribution in [3.63, 3.8) is 0 Å². The van der Waals surface area contributed by atoms with E-state index in [1.165, 1.54) is 5.56 Å². The molecule has 4 heteroatoms. The highest BCUT2D eigenvalue weighted by molar-refractivity contribution is 6.21. The van der Waals surface area contributed by atoms with Gasteiger partial charge in [-0.2, -0.15) is 10.5 Å². The molecule has 9 aromatic carbocycles. The first-order valence-electron chi connectivity index (χ1n) is 18.7. The first-order chi connectivity index (χ1) is 28.1. The SMILES string of the molecule is [C-]#[N+]c1cc(-c2cc(C#N)cc(-c3ccc(-n4c5ccccc5c5ccccc54)c(C#N)c3)c2)cc(-c2c3ccccc3c(-c3ccccc3)c3ccccc23)c1. The Kier molecular flexibility index (Phi) is 7.94. The highest BCUT2D eigenvalue weighted by Gasteiger charge is 2.19. The van der Waals surface area contributed by atoms with Crippen LogP contribution in [0.1, 0.15) is 11.1 Å². The van der Waals surface area contributed by atoms with Gasteiger partial charge in [0, 0.05) is 10.8 Å². The van der Waals surface area contributed by atoms with E-state index in [-0.39, 0.29) is 0 Å². The zero-order valence-corrected chi connectivity index (χ0v) is 30.6. The van der Waals surface area contributed by atoms with E-state index in [9.17, 15) is 10.5 Å². The molecule has 0 N–H and O–H groups in total. The number of hydrogen-bond donors (Lipinski definition) is 0. The van der Waals surface area contributed by atoms with E-state index in [0.29, 0.717) is 16.8 Å². The quantitative estimate of drug-likeness (QED) is 0.131. The number of para-hydroxylation sites is 2. The number of fused-ring (bicyclic) bond motifs is 5. The van der Waals surface area contributed by atoms with Crippen LogP contribution in [0.3, 0.4) is 0 Å². The molecular formula is C53H30N4. The Morgan fingerprint density at radius 2 is 0.877 bits per heavy atom. The summed E-state index contributed by atoms with van der Waals surface area (Å²) < 4.78 is 2.15. The molecule has 1 aromatic heterocycles. The lowest BCUT2D eigenvalue weighted by atomic mass is 9.85. The molecule has 57 heavy (non-hydrogen) atoms. The van der Waals surface area contributed by atoms with Gasteiger partial charge in [0.25, 0.3) is 0 Å². The monoisotopic (exact) mass is 722 g/mol. The van der Waals surface area contributed by atoms with E-state index >= 15 is 0 Å². The first-order valence-corrected chi connectivity index (χ1v) is 18.7. The van der Waals surface area contributed by atoms with Gasteiger partial charge in [-0.05, 0) is 127 Å². The van der Waals surface area contributed by atoms with Gasteiger partial charge in [0.05, 0.1) is 40.5 Å². The highest BCUT2D eigenvalue weighted by Crippen LogP contribution is 2.45. The van der Waals surface area contributed by atoms with Crippen LogP contribution >= 0.6 is 0 Å². The van der Waals surface area contributed by atoms with Crippen molar-refractivity contribution in [2.75, 3.05) is 0 Å². The fourth-order valence-corrected chi connectivity index (χ4v) is 8.55. The van der Waals surface area contributed by atoms with Crippen LogP contribution in [0.5, 0.6) is 0 Å². The van der Waals surface area contributed by atoms with E-state index in [4.69, 9.17) is 6.57 Å². The van der Waals surface area contributed by atoms with Crippen LogP contribution in [-0.4, -0.2) is 4.57 Å². The number of nitrogens with zero attached hydrogens (tertiary/aromatic N) is 4. The third kappa shape index (κ3) is 5.51. The molecule has 0 amide bonds. The molecule has 1 heterocycles. The molecule has 10 aromatic rings. The molecule has 10 rings (SSSR count). The van der Waals surface area contributed by atoms with Crippen LogP contribution in [0.4, 0.5) is 5.69 Å². The second kappa shape index (κ2) is 13.6. The molecule has 4 nitrogen and oxygen atoms in total. The summed E-state index contributed by atoms with van der Waals surface area (Å²) >= 11 is 0. The topological polar surface area (TPSA) is 56.9 Å². The lowest BCUT2D eigenvalue weighted by Crippen LogP contribution is -1.98. The molecule has 0 bridgehead atoms. The Hall–Kier alpha value is -8.23. The van der Waals surface area contributed by atoms with Gasteiger partial charge in [0.2, 0.25) is 0 Å². The molecule has 262 valence electrons.